The van der Waals surface area contributed by atoms with Gasteiger partial charge in [-0.3, -0.25) is 4.57 Å². The number of rotatable bonds is 4. The number of fused-ring (bicyclic) bond motifs is 1. The van der Waals surface area contributed by atoms with Crippen molar-refractivity contribution in [2.45, 2.75) is 18.3 Å². The van der Waals surface area contributed by atoms with Crippen LogP contribution in [0, 0.1) is 0 Å². The van der Waals surface area contributed by atoms with E-state index in [0.29, 0.717) is 23.3 Å². The Balaban J connectivity index is 1.43. The summed E-state index contributed by atoms with van der Waals surface area (Å²) >= 11 is 0. The second-order valence-corrected chi connectivity index (χ2v) is 6.56. The van der Waals surface area contributed by atoms with Crippen LogP contribution in [0.15, 0.2) is 57.7 Å². The molecular weight excluding hydrogens is 318 g/mol. The summed E-state index contributed by atoms with van der Waals surface area (Å²) in [4.78, 5) is 23.8. The van der Waals surface area contributed by atoms with Crippen LogP contribution < -0.4 is 16.4 Å². The van der Waals surface area contributed by atoms with Crippen molar-refractivity contribution in [3.63, 3.8) is 0 Å². The molecule has 4 rings (SSSR count). The van der Waals surface area contributed by atoms with Crippen LogP contribution in [0.1, 0.15) is 18.4 Å². The number of amides is 2. The number of nitrogens with one attached hydrogen (secondary N) is 2. The number of oxazole rings is 1. The average Bonchev–Trinajstić information content (AvgIpc) is 3.37. The Morgan fingerprint density at radius 1 is 1.20 bits per heavy atom. The zero-order valence-electron chi connectivity index (χ0n) is 13.9. The van der Waals surface area contributed by atoms with Crippen molar-refractivity contribution in [1.82, 2.24) is 9.88 Å². The predicted molar refractivity (Wildman–Crippen MR) is 95.8 cm³/mol. The van der Waals surface area contributed by atoms with Gasteiger partial charge < -0.3 is 15.1 Å². The molecule has 1 heterocycles. The van der Waals surface area contributed by atoms with E-state index in [1.807, 2.05) is 18.2 Å². The Morgan fingerprint density at radius 3 is 2.68 bits per heavy atom. The van der Waals surface area contributed by atoms with Gasteiger partial charge in [0.1, 0.15) is 0 Å². The molecule has 1 aromatic heterocycles. The Morgan fingerprint density at radius 2 is 1.96 bits per heavy atom. The smallest absolute Gasteiger partial charge is 0.408 e. The molecule has 6 nitrogen and oxygen atoms in total. The van der Waals surface area contributed by atoms with Gasteiger partial charge in [-0.15, -0.1) is 0 Å². The number of hydrogen-bond acceptors (Lipinski definition) is 3. The van der Waals surface area contributed by atoms with Crippen molar-refractivity contribution in [3.8, 4) is 0 Å². The highest BCUT2D eigenvalue weighted by atomic mass is 16.4. The number of hydrogen-bond donors (Lipinski definition) is 2. The fourth-order valence-corrected chi connectivity index (χ4v) is 3.14. The molecule has 0 saturated heterocycles. The van der Waals surface area contributed by atoms with Gasteiger partial charge in [-0.05, 0) is 36.6 Å². The van der Waals surface area contributed by atoms with Crippen LogP contribution >= 0.6 is 0 Å². The van der Waals surface area contributed by atoms with Crippen LogP contribution in [0.3, 0.4) is 0 Å². The topological polar surface area (TPSA) is 76.3 Å². The maximum Gasteiger partial charge on any atom is 0.419 e. The summed E-state index contributed by atoms with van der Waals surface area (Å²) in [5, 5.41) is 5.77. The van der Waals surface area contributed by atoms with Crippen LogP contribution in [0.4, 0.5) is 10.5 Å². The quantitative estimate of drug-likeness (QED) is 0.768. The van der Waals surface area contributed by atoms with E-state index in [2.05, 4.69) is 22.8 Å². The molecule has 1 saturated carbocycles. The molecule has 6 heteroatoms. The standard InChI is InChI=1S/C19H19N3O3/c1-22-15-11-14(7-8-16(15)25-18(22)24)21-17(23)20-12-19(9-10-19)13-5-3-2-4-6-13/h2-8,11H,9-10,12H2,1H3,(H2,20,21,23). The number of anilines is 1. The van der Waals surface area contributed by atoms with Crippen LogP contribution in [-0.2, 0) is 12.5 Å². The largest absolute Gasteiger partial charge is 0.419 e. The molecule has 0 spiro atoms. The van der Waals surface area contributed by atoms with Gasteiger partial charge in [0, 0.05) is 24.7 Å². The molecule has 2 aromatic carbocycles. The zero-order valence-corrected chi connectivity index (χ0v) is 13.9. The molecule has 0 unspecified atom stereocenters. The number of aromatic nitrogens is 1. The minimum atomic E-state index is -0.421. The Bertz CT molecular complexity index is 984. The third-order valence-corrected chi connectivity index (χ3v) is 4.88. The number of carbonyl (C=O) groups excluding carboxylic acids is 1. The van der Waals surface area contributed by atoms with Crippen molar-refractivity contribution in [2.24, 2.45) is 7.05 Å². The highest BCUT2D eigenvalue weighted by molar-refractivity contribution is 5.91. The second kappa shape index (κ2) is 5.81. The summed E-state index contributed by atoms with van der Waals surface area (Å²) in [6.45, 7) is 0.606. The first-order valence-corrected chi connectivity index (χ1v) is 8.27. The molecule has 25 heavy (non-hydrogen) atoms. The lowest BCUT2D eigenvalue weighted by Gasteiger charge is -2.17. The highest BCUT2D eigenvalue weighted by Crippen LogP contribution is 2.47. The van der Waals surface area contributed by atoms with Crippen molar-refractivity contribution in [3.05, 3.63) is 64.6 Å². The van der Waals surface area contributed by atoms with Crippen LogP contribution in [0.25, 0.3) is 11.1 Å². The molecule has 1 aliphatic carbocycles. The maximum atomic E-state index is 12.2. The van der Waals surface area contributed by atoms with Gasteiger partial charge in [-0.2, -0.15) is 0 Å². The monoisotopic (exact) mass is 337 g/mol. The minimum Gasteiger partial charge on any atom is -0.408 e. The van der Waals surface area contributed by atoms with Gasteiger partial charge in [0.05, 0.1) is 5.52 Å². The molecule has 0 radical (unpaired) electrons. The first-order chi connectivity index (χ1) is 12.1. The molecule has 0 atom stereocenters. The van der Waals surface area contributed by atoms with Crippen molar-refractivity contribution in [1.29, 1.82) is 0 Å². The minimum absolute atomic E-state index is 0.0665. The number of nitrogens with zero attached hydrogens (tertiary/aromatic N) is 1. The fraction of sp³-hybridized carbons (Fsp3) is 0.263. The van der Waals surface area contributed by atoms with Gasteiger partial charge in [-0.1, -0.05) is 30.3 Å². The Kier molecular flexibility index (Phi) is 3.60. The first kappa shape index (κ1) is 15.5. The van der Waals surface area contributed by atoms with Gasteiger partial charge in [0.25, 0.3) is 0 Å². The average molecular weight is 337 g/mol. The van der Waals surface area contributed by atoms with Crippen LogP contribution in [-0.4, -0.2) is 17.1 Å². The normalized spacial score (nSPS) is 15.1. The summed E-state index contributed by atoms with van der Waals surface area (Å²) in [6, 6.07) is 15.1. The maximum absolute atomic E-state index is 12.2. The molecule has 0 aliphatic heterocycles. The lowest BCUT2D eigenvalue weighted by molar-refractivity contribution is 0.251. The van der Waals surface area contributed by atoms with E-state index in [9.17, 15) is 9.59 Å². The number of aryl methyl sites for hydroxylation is 1. The van der Waals surface area contributed by atoms with E-state index in [1.165, 1.54) is 10.1 Å². The number of benzene rings is 2. The van der Waals surface area contributed by atoms with E-state index >= 15 is 0 Å². The summed E-state index contributed by atoms with van der Waals surface area (Å²) in [6.07, 6.45) is 2.17. The van der Waals surface area contributed by atoms with E-state index in [1.54, 1.807) is 25.2 Å². The molecule has 1 fully saturated rings. The third kappa shape index (κ3) is 2.91. The SMILES string of the molecule is Cn1c(=O)oc2ccc(NC(=O)NCC3(c4ccccc4)CC3)cc21. The lowest BCUT2D eigenvalue weighted by Crippen LogP contribution is -2.35. The molecule has 2 amide bonds. The lowest BCUT2D eigenvalue weighted by atomic mass is 9.96. The van der Waals surface area contributed by atoms with Gasteiger partial charge in [0.15, 0.2) is 5.58 Å². The van der Waals surface area contributed by atoms with Crippen molar-refractivity contribution in [2.75, 3.05) is 11.9 Å². The van der Waals surface area contributed by atoms with Crippen molar-refractivity contribution >= 4 is 22.8 Å². The predicted octanol–water partition coefficient (Wildman–Crippen LogP) is 2.98. The Labute approximate surface area is 144 Å². The van der Waals surface area contributed by atoms with E-state index < -0.39 is 5.76 Å². The molecule has 0 bridgehead atoms. The van der Waals surface area contributed by atoms with E-state index in [-0.39, 0.29) is 11.4 Å². The molecular formula is C19H19N3O3. The van der Waals surface area contributed by atoms with E-state index in [4.69, 9.17) is 4.42 Å². The third-order valence-electron chi connectivity index (χ3n) is 4.88. The highest BCUT2D eigenvalue weighted by Gasteiger charge is 2.44. The first-order valence-electron chi connectivity index (χ1n) is 8.27. The molecule has 3 aromatic rings. The fourth-order valence-electron chi connectivity index (χ4n) is 3.14. The van der Waals surface area contributed by atoms with Gasteiger partial charge in [-0.25, -0.2) is 9.59 Å². The summed E-state index contributed by atoms with van der Waals surface area (Å²) in [5.41, 5.74) is 3.10. The van der Waals surface area contributed by atoms with Crippen LogP contribution in [0.5, 0.6) is 0 Å². The van der Waals surface area contributed by atoms with E-state index in [0.717, 1.165) is 12.8 Å². The summed E-state index contributed by atoms with van der Waals surface area (Å²) in [7, 11) is 1.63. The van der Waals surface area contributed by atoms with Crippen LogP contribution in [0.2, 0.25) is 0 Å². The zero-order chi connectivity index (χ0) is 17.4. The van der Waals surface area contributed by atoms with Gasteiger partial charge >= 0.3 is 11.8 Å². The molecule has 1 aliphatic rings. The second-order valence-electron chi connectivity index (χ2n) is 6.56. The molecule has 128 valence electrons. The molecule has 2 N–H and O–H groups in total. The summed E-state index contributed by atoms with van der Waals surface area (Å²) < 4.78 is 6.50. The Hall–Kier alpha value is -3.02. The van der Waals surface area contributed by atoms with Crippen molar-refractivity contribution < 1.29 is 9.21 Å². The summed E-state index contributed by atoms with van der Waals surface area (Å²) in [5.74, 6) is -0.421. The van der Waals surface area contributed by atoms with Gasteiger partial charge in [0.2, 0.25) is 0 Å². The number of carbonyl (C=O) groups is 1. The number of urea groups is 1.